The van der Waals surface area contributed by atoms with Crippen LogP contribution in [0.4, 0.5) is 0 Å². The minimum Gasteiger partial charge on any atom is -0.676 e. The molecule has 0 spiro atoms. The van der Waals surface area contributed by atoms with E-state index < -0.39 is 10.0 Å². The molecule has 1 N–H and O–H groups in total. The molecular formula is C14H21N2O2RuS. The molecule has 1 aliphatic carbocycles. The zero-order valence-electron chi connectivity index (χ0n) is 11.8. The van der Waals surface area contributed by atoms with Crippen LogP contribution in [0.3, 0.4) is 0 Å². The Morgan fingerprint density at radius 3 is 2.25 bits per heavy atom. The van der Waals surface area contributed by atoms with Gasteiger partial charge in [-0.3, -0.25) is 0 Å². The smallest absolute Gasteiger partial charge is 0.676 e. The van der Waals surface area contributed by atoms with Gasteiger partial charge >= 0.3 is 19.5 Å². The molecule has 1 saturated carbocycles. The molecular weight excluding hydrogens is 361 g/mol. The summed E-state index contributed by atoms with van der Waals surface area (Å²) in [6.45, 7) is 1.91. The summed E-state index contributed by atoms with van der Waals surface area (Å²) in [6.07, 6.45) is 3.43. The van der Waals surface area contributed by atoms with Gasteiger partial charge in [0.25, 0.3) is 0 Å². The Kier molecular flexibility index (Phi) is 8.11. The first-order chi connectivity index (χ1) is 8.49. The van der Waals surface area contributed by atoms with Gasteiger partial charge in [-0.25, -0.2) is 8.42 Å². The summed E-state index contributed by atoms with van der Waals surface area (Å²) < 4.78 is 28.1. The van der Waals surface area contributed by atoms with Crippen LogP contribution < -0.4 is 0 Å². The number of nitrogens with one attached hydrogen (secondary N) is 1. The number of aryl methyl sites for hydroxylation is 1. The third-order valence-corrected chi connectivity index (χ3v) is 4.74. The molecule has 2 unspecified atom stereocenters. The second kappa shape index (κ2) is 8.23. The molecule has 1 fully saturated rings. The molecule has 2 atom stereocenters. The summed E-state index contributed by atoms with van der Waals surface area (Å²) >= 11 is 0. The Bertz CT molecular complexity index is 502. The molecule has 1 aliphatic rings. The zero-order valence-corrected chi connectivity index (χ0v) is 14.4. The topological polar surface area (TPSA) is 72.0 Å². The number of nitrogens with zero attached hydrogens (tertiary/aromatic N) is 1. The summed E-state index contributed by atoms with van der Waals surface area (Å²) in [7, 11) is -3.60. The third kappa shape index (κ3) is 4.92. The van der Waals surface area contributed by atoms with Gasteiger partial charge in [0.1, 0.15) is 10.0 Å². The molecule has 0 saturated heterocycles. The Balaban J connectivity index is 0.00000180. The van der Waals surface area contributed by atoms with E-state index in [9.17, 15) is 8.42 Å². The fraction of sp³-hybridized carbons (Fsp3) is 0.500. The first kappa shape index (κ1) is 19.7. The van der Waals surface area contributed by atoms with Gasteiger partial charge in [-0.1, -0.05) is 43.4 Å². The zero-order chi connectivity index (χ0) is 13.2. The van der Waals surface area contributed by atoms with Crippen molar-refractivity contribution in [3.05, 3.63) is 47.7 Å². The predicted octanol–water partition coefficient (Wildman–Crippen LogP) is 3.87. The van der Waals surface area contributed by atoms with Crippen molar-refractivity contribution in [2.75, 3.05) is 0 Å². The van der Waals surface area contributed by atoms with E-state index >= 15 is 0 Å². The Morgan fingerprint density at radius 1 is 1.15 bits per heavy atom. The molecule has 4 nitrogen and oxygen atoms in total. The van der Waals surface area contributed by atoms with Gasteiger partial charge < -0.3 is 17.9 Å². The van der Waals surface area contributed by atoms with E-state index in [4.69, 9.17) is 5.73 Å². The molecule has 0 amide bonds. The SMILES string of the molecule is Cc1ccc(S(=O)(=O)[N-]C2CCCCC2[NH-])cc1.[CH3-].[Ru+3]. The van der Waals surface area contributed by atoms with Crippen molar-refractivity contribution < 1.29 is 27.9 Å². The van der Waals surface area contributed by atoms with E-state index in [0.717, 1.165) is 24.8 Å². The van der Waals surface area contributed by atoms with Crippen LogP contribution in [0.25, 0.3) is 10.5 Å². The number of benzene rings is 1. The van der Waals surface area contributed by atoms with Crippen LogP contribution in [0.5, 0.6) is 0 Å². The molecule has 1 aromatic carbocycles. The second-order valence-corrected chi connectivity index (χ2v) is 6.48. The molecule has 20 heavy (non-hydrogen) atoms. The normalized spacial score (nSPS) is 22.5. The third-order valence-electron chi connectivity index (χ3n) is 3.32. The molecule has 6 heteroatoms. The van der Waals surface area contributed by atoms with Crippen LogP contribution in [0.2, 0.25) is 0 Å². The maximum Gasteiger partial charge on any atom is 3.00 e. The van der Waals surface area contributed by atoms with Gasteiger partial charge in [0.15, 0.2) is 0 Å². The first-order valence-electron chi connectivity index (χ1n) is 6.24. The minimum atomic E-state index is -3.60. The van der Waals surface area contributed by atoms with Crippen LogP contribution in [0.1, 0.15) is 31.2 Å². The van der Waals surface area contributed by atoms with Crippen LogP contribution >= 0.6 is 0 Å². The molecule has 1 aromatic rings. The van der Waals surface area contributed by atoms with Gasteiger partial charge in [-0.05, 0) is 19.1 Å². The molecule has 0 heterocycles. The number of sulfonamides is 1. The van der Waals surface area contributed by atoms with Crippen molar-refractivity contribution in [3.63, 3.8) is 0 Å². The summed E-state index contributed by atoms with van der Waals surface area (Å²) in [5.74, 6) is 0. The quantitative estimate of drug-likeness (QED) is 0.588. The van der Waals surface area contributed by atoms with Gasteiger partial charge in [-0.2, -0.15) is 6.04 Å². The van der Waals surface area contributed by atoms with E-state index in [2.05, 4.69) is 4.72 Å². The molecule has 0 aromatic heterocycles. The van der Waals surface area contributed by atoms with Crippen LogP contribution in [-0.4, -0.2) is 20.5 Å². The first-order valence-corrected chi connectivity index (χ1v) is 7.68. The monoisotopic (exact) mass is 383 g/mol. The Morgan fingerprint density at radius 2 is 1.70 bits per heavy atom. The van der Waals surface area contributed by atoms with Crippen molar-refractivity contribution in [2.24, 2.45) is 0 Å². The van der Waals surface area contributed by atoms with Crippen LogP contribution in [0, 0.1) is 14.4 Å². The van der Waals surface area contributed by atoms with Crippen molar-refractivity contribution in [1.29, 1.82) is 0 Å². The number of hydrogen-bond donors (Lipinski definition) is 0. The minimum absolute atomic E-state index is 0. The average Bonchev–Trinajstić information content (AvgIpc) is 2.32. The van der Waals surface area contributed by atoms with Crippen molar-refractivity contribution >= 4 is 10.0 Å². The Hall–Kier alpha value is -0.287. The number of rotatable bonds is 3. The second-order valence-electron chi connectivity index (χ2n) is 4.85. The molecule has 0 aliphatic heterocycles. The van der Waals surface area contributed by atoms with Gasteiger partial charge in [0.05, 0.1) is 0 Å². The maximum absolute atomic E-state index is 12.1. The fourth-order valence-corrected chi connectivity index (χ4v) is 3.40. The van der Waals surface area contributed by atoms with Crippen molar-refractivity contribution in [3.8, 4) is 0 Å². The van der Waals surface area contributed by atoms with Gasteiger partial charge in [0.2, 0.25) is 0 Å². The fourth-order valence-electron chi connectivity index (χ4n) is 2.19. The van der Waals surface area contributed by atoms with E-state index in [0.29, 0.717) is 6.42 Å². The van der Waals surface area contributed by atoms with Crippen molar-refractivity contribution in [2.45, 2.75) is 49.6 Å². The Labute approximate surface area is 135 Å². The standard InChI is InChI=1S/C13H18N2O2S.CH3.Ru/c1-10-6-8-11(9-7-10)18(16,17)15-13-5-3-2-4-12(13)14;;/h6-9,12-14H,2-5H2,1H3;1H3;/q-2;-1;+3. The largest absolute Gasteiger partial charge is 3.00 e. The van der Waals surface area contributed by atoms with Crippen LogP contribution in [-0.2, 0) is 29.5 Å². The van der Waals surface area contributed by atoms with Gasteiger partial charge in [-0.15, -0.1) is 6.04 Å². The van der Waals surface area contributed by atoms with Gasteiger partial charge in [0, 0.05) is 4.90 Å². The number of hydrogen-bond acceptors (Lipinski definition) is 2. The molecule has 1 radical (unpaired) electrons. The molecule has 113 valence electrons. The predicted molar refractivity (Wildman–Crippen MR) is 78.5 cm³/mol. The maximum atomic E-state index is 12.1. The summed E-state index contributed by atoms with van der Waals surface area (Å²) in [6, 6.07) is 5.94. The van der Waals surface area contributed by atoms with E-state index in [1.165, 1.54) is 0 Å². The molecule has 2 rings (SSSR count). The molecule has 0 bridgehead atoms. The van der Waals surface area contributed by atoms with E-state index in [-0.39, 0.29) is 43.9 Å². The summed E-state index contributed by atoms with van der Waals surface area (Å²) in [5, 5.41) is 0. The summed E-state index contributed by atoms with van der Waals surface area (Å²) in [5.41, 5.74) is 8.87. The van der Waals surface area contributed by atoms with E-state index in [1.807, 2.05) is 6.92 Å². The average molecular weight is 382 g/mol. The van der Waals surface area contributed by atoms with E-state index in [1.54, 1.807) is 24.3 Å². The van der Waals surface area contributed by atoms with Crippen LogP contribution in [0.15, 0.2) is 29.2 Å². The summed E-state index contributed by atoms with van der Waals surface area (Å²) in [4.78, 5) is 0.228. The van der Waals surface area contributed by atoms with Crippen molar-refractivity contribution in [1.82, 2.24) is 0 Å².